The summed E-state index contributed by atoms with van der Waals surface area (Å²) in [5.41, 5.74) is 0. The molecule has 0 aliphatic carbocycles. The first kappa shape index (κ1) is 9.75. The molecule has 0 aromatic carbocycles. The van der Waals surface area contributed by atoms with E-state index in [4.69, 9.17) is 0 Å². The maximum absolute atomic E-state index is 3.45. The predicted octanol–water partition coefficient (Wildman–Crippen LogP) is 4.23. The highest BCUT2D eigenvalue weighted by Gasteiger charge is 1.96. The van der Waals surface area contributed by atoms with Gasteiger partial charge >= 0.3 is 0 Å². The summed E-state index contributed by atoms with van der Waals surface area (Å²) in [4.78, 5) is 1.48. The van der Waals surface area contributed by atoms with Crippen molar-refractivity contribution < 1.29 is 0 Å². The molecule has 1 aromatic heterocycles. The molecule has 0 aliphatic rings. The summed E-state index contributed by atoms with van der Waals surface area (Å²) in [6, 6.07) is 4.32. The standard InChI is InChI=1S/C8H10Br2S/c9-6-2-1-3-7-4-5-8(10)11-7/h4-5H,1-3,6H2. The van der Waals surface area contributed by atoms with E-state index in [0.29, 0.717) is 0 Å². The Morgan fingerprint density at radius 2 is 2.09 bits per heavy atom. The van der Waals surface area contributed by atoms with Gasteiger partial charge in [-0.3, -0.25) is 0 Å². The van der Waals surface area contributed by atoms with Gasteiger partial charge in [-0.2, -0.15) is 0 Å². The van der Waals surface area contributed by atoms with Crippen molar-refractivity contribution in [2.24, 2.45) is 0 Å². The van der Waals surface area contributed by atoms with Gasteiger partial charge in [0.2, 0.25) is 0 Å². The summed E-state index contributed by atoms with van der Waals surface area (Å²) in [6.45, 7) is 0. The number of alkyl halides is 1. The largest absolute Gasteiger partial charge is 0.133 e. The minimum Gasteiger partial charge on any atom is -0.133 e. The molecule has 0 radical (unpaired) electrons. The molecule has 1 rings (SSSR count). The van der Waals surface area contributed by atoms with Crippen molar-refractivity contribution in [3.8, 4) is 0 Å². The lowest BCUT2D eigenvalue weighted by Crippen LogP contribution is -1.80. The van der Waals surface area contributed by atoms with E-state index in [1.54, 1.807) is 0 Å². The average Bonchev–Trinajstić information content (AvgIpc) is 2.37. The van der Waals surface area contributed by atoms with Crippen LogP contribution in [-0.2, 0) is 6.42 Å². The summed E-state index contributed by atoms with van der Waals surface area (Å²) < 4.78 is 1.24. The molecular formula is C8H10Br2S. The summed E-state index contributed by atoms with van der Waals surface area (Å²) in [5.74, 6) is 0. The highest BCUT2D eigenvalue weighted by atomic mass is 79.9. The Hall–Kier alpha value is 0.660. The van der Waals surface area contributed by atoms with Gasteiger partial charge in [-0.1, -0.05) is 15.9 Å². The number of aryl methyl sites for hydroxylation is 1. The van der Waals surface area contributed by atoms with Gasteiger partial charge in [0.1, 0.15) is 0 Å². The van der Waals surface area contributed by atoms with Crippen LogP contribution in [0.15, 0.2) is 15.9 Å². The molecule has 0 spiro atoms. The van der Waals surface area contributed by atoms with Crippen LogP contribution in [0.1, 0.15) is 17.7 Å². The molecule has 0 unspecified atom stereocenters. The van der Waals surface area contributed by atoms with Crippen molar-refractivity contribution in [3.63, 3.8) is 0 Å². The topological polar surface area (TPSA) is 0 Å². The molecule has 0 atom stereocenters. The van der Waals surface area contributed by atoms with Crippen molar-refractivity contribution in [1.82, 2.24) is 0 Å². The Kier molecular flexibility index (Phi) is 4.72. The van der Waals surface area contributed by atoms with Crippen LogP contribution in [0.3, 0.4) is 0 Å². The number of hydrogen-bond acceptors (Lipinski definition) is 1. The van der Waals surface area contributed by atoms with Crippen LogP contribution in [0.2, 0.25) is 0 Å². The third-order valence-electron chi connectivity index (χ3n) is 1.44. The van der Waals surface area contributed by atoms with E-state index in [1.165, 1.54) is 27.9 Å². The van der Waals surface area contributed by atoms with Crippen LogP contribution in [0.25, 0.3) is 0 Å². The summed E-state index contributed by atoms with van der Waals surface area (Å²) >= 11 is 8.71. The van der Waals surface area contributed by atoms with Crippen LogP contribution in [0.4, 0.5) is 0 Å². The third-order valence-corrected chi connectivity index (χ3v) is 3.68. The van der Waals surface area contributed by atoms with E-state index in [9.17, 15) is 0 Å². The van der Waals surface area contributed by atoms with Crippen molar-refractivity contribution in [2.45, 2.75) is 19.3 Å². The summed E-state index contributed by atoms with van der Waals surface area (Å²) in [6.07, 6.45) is 3.79. The van der Waals surface area contributed by atoms with Crippen molar-refractivity contribution in [1.29, 1.82) is 0 Å². The fourth-order valence-electron chi connectivity index (χ4n) is 0.880. The smallest absolute Gasteiger partial charge is 0.0701 e. The van der Waals surface area contributed by atoms with Crippen LogP contribution in [0.5, 0.6) is 0 Å². The summed E-state index contributed by atoms with van der Waals surface area (Å²) in [5, 5.41) is 1.12. The zero-order valence-electron chi connectivity index (χ0n) is 6.15. The Balaban J connectivity index is 2.27. The Morgan fingerprint density at radius 1 is 1.27 bits per heavy atom. The Bertz CT molecular complexity index is 208. The molecule has 62 valence electrons. The first-order valence-electron chi connectivity index (χ1n) is 3.63. The molecule has 0 nitrogen and oxygen atoms in total. The van der Waals surface area contributed by atoms with Crippen molar-refractivity contribution in [3.05, 3.63) is 20.8 Å². The molecule has 1 heterocycles. The zero-order valence-corrected chi connectivity index (χ0v) is 10.1. The fourth-order valence-corrected chi connectivity index (χ4v) is 2.80. The minimum absolute atomic E-state index is 1.12. The van der Waals surface area contributed by atoms with Crippen LogP contribution in [-0.4, -0.2) is 5.33 Å². The number of rotatable bonds is 4. The fraction of sp³-hybridized carbons (Fsp3) is 0.500. The first-order valence-corrected chi connectivity index (χ1v) is 6.36. The van der Waals surface area contributed by atoms with E-state index >= 15 is 0 Å². The maximum atomic E-state index is 3.45. The highest BCUT2D eigenvalue weighted by molar-refractivity contribution is 9.11. The van der Waals surface area contributed by atoms with Crippen LogP contribution in [0, 0.1) is 0 Å². The van der Waals surface area contributed by atoms with E-state index in [2.05, 4.69) is 44.0 Å². The maximum Gasteiger partial charge on any atom is 0.0701 e. The van der Waals surface area contributed by atoms with Crippen molar-refractivity contribution in [2.75, 3.05) is 5.33 Å². The van der Waals surface area contributed by atoms with Gasteiger partial charge in [0.05, 0.1) is 3.79 Å². The molecule has 0 bridgehead atoms. The highest BCUT2D eigenvalue weighted by Crippen LogP contribution is 2.23. The molecule has 0 saturated carbocycles. The SMILES string of the molecule is BrCCCCc1ccc(Br)s1. The second kappa shape index (κ2) is 5.33. The van der Waals surface area contributed by atoms with Crippen LogP contribution >= 0.6 is 43.2 Å². The number of thiophene rings is 1. The second-order valence-electron chi connectivity index (χ2n) is 2.35. The summed E-state index contributed by atoms with van der Waals surface area (Å²) in [7, 11) is 0. The van der Waals surface area contributed by atoms with Gasteiger partial charge in [0.25, 0.3) is 0 Å². The number of unbranched alkanes of at least 4 members (excludes halogenated alkanes) is 1. The van der Waals surface area contributed by atoms with Crippen molar-refractivity contribution >= 4 is 43.2 Å². The molecular weight excluding hydrogens is 288 g/mol. The lowest BCUT2D eigenvalue weighted by molar-refractivity contribution is 0.815. The van der Waals surface area contributed by atoms with Crippen LogP contribution < -0.4 is 0 Å². The van der Waals surface area contributed by atoms with Gasteiger partial charge in [-0.25, -0.2) is 0 Å². The lowest BCUT2D eigenvalue weighted by Gasteiger charge is -1.93. The van der Waals surface area contributed by atoms with E-state index in [0.717, 1.165) is 5.33 Å². The van der Waals surface area contributed by atoms with E-state index in [1.807, 2.05) is 11.3 Å². The second-order valence-corrected chi connectivity index (χ2v) is 5.69. The molecule has 0 amide bonds. The molecule has 3 heteroatoms. The number of hydrogen-bond donors (Lipinski definition) is 0. The van der Waals surface area contributed by atoms with Gasteiger partial charge in [0, 0.05) is 10.2 Å². The molecule has 0 aliphatic heterocycles. The normalized spacial score (nSPS) is 10.4. The molecule has 0 N–H and O–H groups in total. The average molecular weight is 298 g/mol. The first-order chi connectivity index (χ1) is 5.33. The van der Waals surface area contributed by atoms with E-state index in [-0.39, 0.29) is 0 Å². The Morgan fingerprint density at radius 3 is 2.64 bits per heavy atom. The Labute approximate surface area is 88.3 Å². The number of halogens is 2. The molecule has 0 fully saturated rings. The zero-order chi connectivity index (χ0) is 8.10. The van der Waals surface area contributed by atoms with Gasteiger partial charge in [-0.15, -0.1) is 11.3 Å². The lowest BCUT2D eigenvalue weighted by atomic mass is 10.2. The van der Waals surface area contributed by atoms with E-state index < -0.39 is 0 Å². The minimum atomic E-state index is 1.12. The monoisotopic (exact) mass is 296 g/mol. The van der Waals surface area contributed by atoms with Gasteiger partial charge in [-0.05, 0) is 47.3 Å². The van der Waals surface area contributed by atoms with Gasteiger partial charge in [0.15, 0.2) is 0 Å². The quantitative estimate of drug-likeness (QED) is 0.576. The molecule has 1 aromatic rings. The molecule has 0 saturated heterocycles. The van der Waals surface area contributed by atoms with Gasteiger partial charge < -0.3 is 0 Å². The third kappa shape index (κ3) is 3.72. The predicted molar refractivity (Wildman–Crippen MR) is 58.8 cm³/mol. The molecule has 11 heavy (non-hydrogen) atoms.